The van der Waals surface area contributed by atoms with Crippen molar-refractivity contribution in [3.8, 4) is 0 Å². The van der Waals surface area contributed by atoms with Gasteiger partial charge in [-0.3, -0.25) is 9.97 Å². The number of nitrogens with zero attached hydrogens (tertiary/aromatic N) is 2. The number of ether oxygens (including phenoxy) is 2. The van der Waals surface area contributed by atoms with E-state index in [1.165, 1.54) is 0 Å². The van der Waals surface area contributed by atoms with Gasteiger partial charge in [0.15, 0.2) is 0 Å². The summed E-state index contributed by atoms with van der Waals surface area (Å²) in [5.74, 6) is 0. The molecule has 0 aliphatic carbocycles. The average Bonchev–Trinajstić information content (AvgIpc) is 2.43. The van der Waals surface area contributed by atoms with Crippen LogP contribution < -0.4 is 5.32 Å². The molecule has 2 aromatic rings. The number of nitrogens with one attached hydrogen (secondary N) is 1. The van der Waals surface area contributed by atoms with Crippen LogP contribution in [0.3, 0.4) is 0 Å². The van der Waals surface area contributed by atoms with Crippen LogP contribution in [0.5, 0.6) is 0 Å². The molecule has 0 spiro atoms. The minimum Gasteiger partial charge on any atom is -0.382 e. The minimum atomic E-state index is 0.00339. The Morgan fingerprint density at radius 1 is 1.37 bits per heavy atom. The molecule has 0 saturated heterocycles. The lowest BCUT2D eigenvalue weighted by atomic mass is 10.2. The highest BCUT2D eigenvalue weighted by molar-refractivity contribution is 9.10. The second kappa shape index (κ2) is 6.79. The van der Waals surface area contributed by atoms with E-state index in [1.54, 1.807) is 26.6 Å². The van der Waals surface area contributed by atoms with Crippen molar-refractivity contribution in [1.29, 1.82) is 0 Å². The smallest absolute Gasteiger partial charge is 0.112 e. The normalized spacial score (nSPS) is 12.6. The third kappa shape index (κ3) is 3.62. The molecule has 1 atom stereocenters. The predicted molar refractivity (Wildman–Crippen MR) is 78.4 cm³/mol. The molecule has 1 N–H and O–H groups in total. The van der Waals surface area contributed by atoms with Crippen LogP contribution in [0.15, 0.2) is 29.0 Å². The first kappa shape index (κ1) is 14.2. The zero-order valence-electron chi connectivity index (χ0n) is 10.9. The fraction of sp³-hybridized carbons (Fsp3) is 0.385. The maximum absolute atomic E-state index is 5.31. The molecule has 1 unspecified atom stereocenters. The number of pyridine rings is 2. The fourth-order valence-electron chi connectivity index (χ4n) is 1.77. The van der Waals surface area contributed by atoms with Crippen molar-refractivity contribution in [2.75, 3.05) is 32.7 Å². The topological polar surface area (TPSA) is 56.3 Å². The van der Waals surface area contributed by atoms with Gasteiger partial charge in [0.1, 0.15) is 5.52 Å². The summed E-state index contributed by atoms with van der Waals surface area (Å²) in [7, 11) is 3.33. The number of halogens is 1. The van der Waals surface area contributed by atoms with Crippen LogP contribution in [0.25, 0.3) is 11.0 Å². The average molecular weight is 326 g/mol. The number of rotatable bonds is 6. The van der Waals surface area contributed by atoms with Crippen LogP contribution in [0.1, 0.15) is 0 Å². The monoisotopic (exact) mass is 325 g/mol. The van der Waals surface area contributed by atoms with E-state index in [0.29, 0.717) is 13.2 Å². The molecule has 0 radical (unpaired) electrons. The molecule has 0 bridgehead atoms. The zero-order chi connectivity index (χ0) is 13.7. The van der Waals surface area contributed by atoms with E-state index < -0.39 is 0 Å². The third-order valence-electron chi connectivity index (χ3n) is 2.75. The highest BCUT2D eigenvalue weighted by Gasteiger charge is 2.09. The molecule has 2 aromatic heterocycles. The van der Waals surface area contributed by atoms with E-state index in [0.717, 1.165) is 21.2 Å². The van der Waals surface area contributed by atoms with Gasteiger partial charge in [0, 0.05) is 37.6 Å². The van der Waals surface area contributed by atoms with Crippen molar-refractivity contribution >= 4 is 32.7 Å². The largest absolute Gasteiger partial charge is 0.382 e. The van der Waals surface area contributed by atoms with Crippen LogP contribution in [0.2, 0.25) is 0 Å². The summed E-state index contributed by atoms with van der Waals surface area (Å²) >= 11 is 3.39. The Morgan fingerprint density at radius 3 is 2.95 bits per heavy atom. The third-order valence-corrected chi connectivity index (χ3v) is 3.18. The Morgan fingerprint density at radius 2 is 2.21 bits per heavy atom. The van der Waals surface area contributed by atoms with Gasteiger partial charge in [-0.2, -0.15) is 0 Å². The van der Waals surface area contributed by atoms with Crippen molar-refractivity contribution in [3.63, 3.8) is 0 Å². The molecular formula is C13H16BrN3O2. The van der Waals surface area contributed by atoms with Crippen molar-refractivity contribution in [2.45, 2.75) is 6.10 Å². The summed E-state index contributed by atoms with van der Waals surface area (Å²) in [4.78, 5) is 8.68. The van der Waals surface area contributed by atoms with E-state index in [4.69, 9.17) is 9.47 Å². The Hall–Kier alpha value is -1.24. The summed E-state index contributed by atoms with van der Waals surface area (Å²) in [6.45, 7) is 1.20. The highest BCUT2D eigenvalue weighted by Crippen LogP contribution is 2.21. The molecule has 102 valence electrons. The highest BCUT2D eigenvalue weighted by atomic mass is 79.9. The summed E-state index contributed by atoms with van der Waals surface area (Å²) in [5, 5.41) is 3.32. The molecule has 0 saturated carbocycles. The quantitative estimate of drug-likeness (QED) is 0.884. The first-order chi connectivity index (χ1) is 9.24. The number of anilines is 1. The van der Waals surface area contributed by atoms with Crippen molar-refractivity contribution in [1.82, 2.24) is 9.97 Å². The van der Waals surface area contributed by atoms with Crippen LogP contribution in [-0.2, 0) is 9.47 Å². The van der Waals surface area contributed by atoms with E-state index in [1.807, 2.05) is 12.1 Å². The molecule has 0 aliphatic heterocycles. The van der Waals surface area contributed by atoms with Crippen LogP contribution in [0.4, 0.5) is 5.69 Å². The van der Waals surface area contributed by atoms with Gasteiger partial charge in [-0.05, 0) is 28.1 Å². The van der Waals surface area contributed by atoms with Crippen LogP contribution in [-0.4, -0.2) is 43.4 Å². The van der Waals surface area contributed by atoms with Gasteiger partial charge in [-0.1, -0.05) is 0 Å². The van der Waals surface area contributed by atoms with E-state index >= 15 is 0 Å². The van der Waals surface area contributed by atoms with Crippen LogP contribution >= 0.6 is 15.9 Å². The molecule has 0 aliphatic rings. The second-order valence-electron chi connectivity index (χ2n) is 4.07. The molecule has 19 heavy (non-hydrogen) atoms. The molecule has 2 heterocycles. The van der Waals surface area contributed by atoms with Gasteiger partial charge in [-0.25, -0.2) is 0 Å². The first-order valence-electron chi connectivity index (χ1n) is 5.90. The Labute approximate surface area is 120 Å². The van der Waals surface area contributed by atoms with Crippen molar-refractivity contribution in [3.05, 3.63) is 29.0 Å². The number of methoxy groups -OCH3 is 2. The molecule has 0 amide bonds. The standard InChI is InChI=1S/C13H16BrN3O2/c1-18-8-10(19-2)7-16-11-3-4-15-12-5-9(14)6-17-13(11)12/h3-6,10H,7-8H2,1-2H3,(H,15,16). The molecule has 0 fully saturated rings. The molecule has 0 aromatic carbocycles. The van der Waals surface area contributed by atoms with Gasteiger partial charge < -0.3 is 14.8 Å². The molecule has 5 nitrogen and oxygen atoms in total. The maximum Gasteiger partial charge on any atom is 0.112 e. The van der Waals surface area contributed by atoms with Gasteiger partial charge in [-0.15, -0.1) is 0 Å². The first-order valence-corrected chi connectivity index (χ1v) is 6.69. The Bertz CT molecular complexity index is 550. The zero-order valence-corrected chi connectivity index (χ0v) is 12.5. The van der Waals surface area contributed by atoms with Crippen molar-refractivity contribution < 1.29 is 9.47 Å². The summed E-state index contributed by atoms with van der Waals surface area (Å²) in [6.07, 6.45) is 3.53. The van der Waals surface area contributed by atoms with Gasteiger partial charge in [0.25, 0.3) is 0 Å². The lowest BCUT2D eigenvalue weighted by Crippen LogP contribution is -2.26. The number of hydrogen-bond donors (Lipinski definition) is 1. The fourth-order valence-corrected chi connectivity index (χ4v) is 2.09. The number of fused-ring (bicyclic) bond motifs is 1. The maximum atomic E-state index is 5.31. The lowest BCUT2D eigenvalue weighted by Gasteiger charge is -2.16. The lowest BCUT2D eigenvalue weighted by molar-refractivity contribution is 0.0366. The van der Waals surface area contributed by atoms with E-state index in [-0.39, 0.29) is 6.10 Å². The minimum absolute atomic E-state index is 0.00339. The molecule has 2 rings (SSSR count). The van der Waals surface area contributed by atoms with Gasteiger partial charge in [0.05, 0.1) is 23.9 Å². The summed E-state index contributed by atoms with van der Waals surface area (Å²) < 4.78 is 11.3. The van der Waals surface area contributed by atoms with Gasteiger partial charge >= 0.3 is 0 Å². The second-order valence-corrected chi connectivity index (χ2v) is 4.99. The summed E-state index contributed by atoms with van der Waals surface area (Å²) in [5.41, 5.74) is 2.63. The number of hydrogen-bond acceptors (Lipinski definition) is 5. The van der Waals surface area contributed by atoms with E-state index in [2.05, 4.69) is 31.2 Å². The predicted octanol–water partition coefficient (Wildman–Crippen LogP) is 2.47. The van der Waals surface area contributed by atoms with E-state index in [9.17, 15) is 0 Å². The Kier molecular flexibility index (Phi) is 5.07. The van der Waals surface area contributed by atoms with Crippen molar-refractivity contribution in [2.24, 2.45) is 0 Å². The summed E-state index contributed by atoms with van der Waals surface area (Å²) in [6, 6.07) is 3.85. The molecule has 6 heteroatoms. The number of aromatic nitrogens is 2. The van der Waals surface area contributed by atoms with Crippen LogP contribution in [0, 0.1) is 0 Å². The molecular weight excluding hydrogens is 310 g/mol. The SMILES string of the molecule is COCC(CNc1ccnc2cc(Br)cnc12)OC. The Balaban J connectivity index is 2.16. The van der Waals surface area contributed by atoms with Gasteiger partial charge in [0.2, 0.25) is 0 Å².